The van der Waals surface area contributed by atoms with Crippen molar-refractivity contribution in [2.45, 2.75) is 25.6 Å². The quantitative estimate of drug-likeness (QED) is 0.353. The summed E-state index contributed by atoms with van der Waals surface area (Å²) in [4.78, 5) is 14.9. The number of halogens is 1. The number of carbonyl (C=O) groups is 1. The van der Waals surface area contributed by atoms with E-state index in [4.69, 9.17) is 4.74 Å². The number of fused-ring (bicyclic) bond motifs is 1. The molecule has 0 spiro atoms. The van der Waals surface area contributed by atoms with Crippen LogP contribution in [-0.2, 0) is 24.3 Å². The summed E-state index contributed by atoms with van der Waals surface area (Å²) >= 11 is 0. The van der Waals surface area contributed by atoms with Crippen LogP contribution in [0, 0.1) is 5.82 Å². The molecular formula is C31H29FN2O2. The molecule has 0 unspecified atom stereocenters. The van der Waals surface area contributed by atoms with Gasteiger partial charge in [-0.15, -0.1) is 0 Å². The van der Waals surface area contributed by atoms with Crippen LogP contribution in [-0.4, -0.2) is 24.0 Å². The lowest BCUT2D eigenvalue weighted by Crippen LogP contribution is -2.35. The highest BCUT2D eigenvalue weighted by atomic mass is 19.1. The highest BCUT2D eigenvalue weighted by Crippen LogP contribution is 2.37. The topological polar surface area (TPSA) is 41.6 Å². The van der Waals surface area contributed by atoms with Gasteiger partial charge in [0.05, 0.1) is 6.04 Å². The molecule has 182 valence electrons. The number of hydrogen-bond donors (Lipinski definition) is 1. The van der Waals surface area contributed by atoms with Crippen molar-refractivity contribution in [1.82, 2.24) is 10.2 Å². The van der Waals surface area contributed by atoms with Crippen LogP contribution in [0.1, 0.15) is 33.9 Å². The number of carbonyl (C=O) groups excluding carboxylic acids is 1. The molecule has 0 saturated heterocycles. The Kier molecular flexibility index (Phi) is 7.39. The summed E-state index contributed by atoms with van der Waals surface area (Å²) in [6.45, 7) is 2.07. The third kappa shape index (κ3) is 5.81. The fraction of sp³-hybridized carbons (Fsp3) is 0.194. The lowest BCUT2D eigenvalue weighted by atomic mass is 9.87. The minimum absolute atomic E-state index is 0.0796. The Morgan fingerprint density at radius 2 is 1.61 bits per heavy atom. The Bertz CT molecular complexity index is 1290. The fourth-order valence-electron chi connectivity index (χ4n) is 4.75. The van der Waals surface area contributed by atoms with E-state index in [0.717, 1.165) is 25.1 Å². The minimum Gasteiger partial charge on any atom is -0.484 e. The molecule has 1 aliphatic heterocycles. The number of nitrogens with zero attached hydrogens (tertiary/aromatic N) is 1. The summed E-state index contributed by atoms with van der Waals surface area (Å²) in [6, 6.07) is 33.4. The lowest BCUT2D eigenvalue weighted by Gasteiger charge is -2.38. The zero-order valence-electron chi connectivity index (χ0n) is 20.1. The van der Waals surface area contributed by atoms with Gasteiger partial charge in [0.15, 0.2) is 6.61 Å². The van der Waals surface area contributed by atoms with Crippen molar-refractivity contribution in [3.05, 3.63) is 137 Å². The van der Waals surface area contributed by atoms with Crippen molar-refractivity contribution in [3.63, 3.8) is 0 Å². The number of ether oxygens (including phenoxy) is 1. The monoisotopic (exact) mass is 480 g/mol. The van der Waals surface area contributed by atoms with E-state index in [1.807, 2.05) is 18.2 Å². The first kappa shape index (κ1) is 23.8. The van der Waals surface area contributed by atoms with Gasteiger partial charge >= 0.3 is 0 Å². The maximum atomic E-state index is 13.1. The molecule has 4 nitrogen and oxygen atoms in total. The van der Waals surface area contributed by atoms with Gasteiger partial charge < -0.3 is 10.1 Å². The minimum atomic E-state index is -0.294. The van der Waals surface area contributed by atoms with Gasteiger partial charge in [-0.2, -0.15) is 0 Å². The fourth-order valence-corrected chi connectivity index (χ4v) is 4.75. The summed E-state index contributed by atoms with van der Waals surface area (Å²) in [5.74, 6) is 0.160. The van der Waals surface area contributed by atoms with Crippen LogP contribution in [0.3, 0.4) is 0 Å². The van der Waals surface area contributed by atoms with Crippen LogP contribution in [0.2, 0.25) is 0 Å². The van der Waals surface area contributed by atoms with Crippen LogP contribution >= 0.6 is 0 Å². The van der Waals surface area contributed by atoms with Gasteiger partial charge in [0.1, 0.15) is 11.6 Å². The second kappa shape index (κ2) is 11.2. The van der Waals surface area contributed by atoms with Crippen molar-refractivity contribution >= 4 is 5.91 Å². The van der Waals surface area contributed by atoms with Gasteiger partial charge in [-0.1, -0.05) is 78.9 Å². The predicted molar refractivity (Wildman–Crippen MR) is 139 cm³/mol. The van der Waals surface area contributed by atoms with Gasteiger partial charge in [0, 0.05) is 19.6 Å². The average Bonchev–Trinajstić information content (AvgIpc) is 2.92. The largest absolute Gasteiger partial charge is 0.484 e. The molecule has 0 fully saturated rings. The number of rotatable bonds is 8. The van der Waals surface area contributed by atoms with Gasteiger partial charge in [0.2, 0.25) is 0 Å². The molecule has 1 amide bonds. The Labute approximate surface area is 211 Å². The Hall–Kier alpha value is -3.96. The molecule has 5 rings (SSSR count). The maximum absolute atomic E-state index is 13.1. The van der Waals surface area contributed by atoms with Gasteiger partial charge in [-0.3, -0.25) is 9.69 Å². The second-order valence-corrected chi connectivity index (χ2v) is 9.07. The lowest BCUT2D eigenvalue weighted by molar-refractivity contribution is -0.123. The summed E-state index contributed by atoms with van der Waals surface area (Å²) in [5.41, 5.74) is 5.88. The van der Waals surface area contributed by atoms with Crippen molar-refractivity contribution in [2.24, 2.45) is 0 Å². The number of hydrogen-bond acceptors (Lipinski definition) is 3. The molecule has 0 aliphatic carbocycles. The molecule has 0 bridgehead atoms. The molecule has 4 aromatic rings. The highest BCUT2D eigenvalue weighted by Gasteiger charge is 2.29. The zero-order chi connectivity index (χ0) is 24.7. The number of amides is 1. The Morgan fingerprint density at radius 1 is 0.889 bits per heavy atom. The van der Waals surface area contributed by atoms with Crippen LogP contribution in [0.25, 0.3) is 0 Å². The Balaban J connectivity index is 1.31. The zero-order valence-corrected chi connectivity index (χ0v) is 20.1. The molecule has 0 saturated carbocycles. The smallest absolute Gasteiger partial charge is 0.258 e. The van der Waals surface area contributed by atoms with E-state index in [1.165, 1.54) is 34.4 Å². The number of nitrogens with one attached hydrogen (secondary N) is 1. The Morgan fingerprint density at radius 3 is 2.36 bits per heavy atom. The van der Waals surface area contributed by atoms with Crippen LogP contribution in [0.15, 0.2) is 103 Å². The molecule has 4 aromatic carbocycles. The average molecular weight is 481 g/mol. The van der Waals surface area contributed by atoms with Crippen LogP contribution < -0.4 is 10.1 Å². The van der Waals surface area contributed by atoms with E-state index in [2.05, 4.69) is 70.9 Å². The molecule has 5 heteroatoms. The maximum Gasteiger partial charge on any atom is 0.258 e. The summed E-state index contributed by atoms with van der Waals surface area (Å²) in [7, 11) is 0. The third-order valence-electron chi connectivity index (χ3n) is 6.56. The van der Waals surface area contributed by atoms with E-state index in [-0.39, 0.29) is 24.4 Å². The first-order valence-electron chi connectivity index (χ1n) is 12.3. The molecule has 0 aromatic heterocycles. The van der Waals surface area contributed by atoms with E-state index in [1.54, 1.807) is 12.1 Å². The summed E-state index contributed by atoms with van der Waals surface area (Å²) in [6.07, 6.45) is 0.962. The molecule has 36 heavy (non-hydrogen) atoms. The molecular weight excluding hydrogens is 451 g/mol. The van der Waals surface area contributed by atoms with Crippen molar-refractivity contribution < 1.29 is 13.9 Å². The molecule has 1 aliphatic rings. The van der Waals surface area contributed by atoms with E-state index >= 15 is 0 Å². The van der Waals surface area contributed by atoms with Gasteiger partial charge in [-0.25, -0.2) is 4.39 Å². The standard InChI is InChI=1S/C31H29FN2O2/c32-27-14-11-23(12-15-27)20-33-30(35)22-36-28-16-13-25-17-18-34(21-24-7-3-1-4-8-24)31(29(25)19-28)26-9-5-2-6-10-26/h1-16,19,31H,17-18,20-22H2,(H,33,35)/t31-/m0/s1. The van der Waals surface area contributed by atoms with Crippen molar-refractivity contribution in [3.8, 4) is 5.75 Å². The first-order chi connectivity index (χ1) is 17.7. The van der Waals surface area contributed by atoms with E-state index in [0.29, 0.717) is 12.3 Å². The van der Waals surface area contributed by atoms with E-state index < -0.39 is 0 Å². The normalized spacial score (nSPS) is 15.2. The molecule has 0 radical (unpaired) electrons. The SMILES string of the molecule is O=C(COc1ccc2c(c1)[C@H](c1ccccc1)N(Cc1ccccc1)CC2)NCc1ccc(F)cc1. The van der Waals surface area contributed by atoms with Gasteiger partial charge in [0.25, 0.3) is 5.91 Å². The summed E-state index contributed by atoms with van der Waals surface area (Å²) in [5, 5.41) is 2.83. The van der Waals surface area contributed by atoms with Crippen LogP contribution in [0.4, 0.5) is 4.39 Å². The second-order valence-electron chi connectivity index (χ2n) is 9.07. The first-order valence-corrected chi connectivity index (χ1v) is 12.3. The van der Waals surface area contributed by atoms with Crippen molar-refractivity contribution in [2.75, 3.05) is 13.2 Å². The molecule has 1 atom stereocenters. The van der Waals surface area contributed by atoms with E-state index in [9.17, 15) is 9.18 Å². The predicted octanol–water partition coefficient (Wildman–Crippen LogP) is 5.67. The molecule has 1 heterocycles. The third-order valence-corrected chi connectivity index (χ3v) is 6.56. The van der Waals surface area contributed by atoms with Crippen LogP contribution in [0.5, 0.6) is 5.75 Å². The highest BCUT2D eigenvalue weighted by molar-refractivity contribution is 5.77. The van der Waals surface area contributed by atoms with Crippen molar-refractivity contribution in [1.29, 1.82) is 0 Å². The number of benzene rings is 4. The molecule has 1 N–H and O–H groups in total. The van der Waals surface area contributed by atoms with Gasteiger partial charge in [-0.05, 0) is 58.5 Å². The summed E-state index contributed by atoms with van der Waals surface area (Å²) < 4.78 is 19.0.